The van der Waals surface area contributed by atoms with Gasteiger partial charge in [0.1, 0.15) is 18.1 Å². The molecule has 0 saturated carbocycles. The summed E-state index contributed by atoms with van der Waals surface area (Å²) in [5, 5.41) is 6.82. The average molecular weight is 321 g/mol. The molecule has 0 spiro atoms. The zero-order valence-electron chi connectivity index (χ0n) is 11.5. The van der Waals surface area contributed by atoms with E-state index in [4.69, 9.17) is 27.9 Å². The van der Waals surface area contributed by atoms with Gasteiger partial charge < -0.3 is 4.74 Å². The first-order valence-corrected chi connectivity index (χ1v) is 7.47. The molecular weight excluding hydrogens is 307 g/mol. The Kier molecular flexibility index (Phi) is 4.04. The van der Waals surface area contributed by atoms with E-state index in [0.29, 0.717) is 22.4 Å². The number of rotatable bonds is 4. The molecule has 0 radical (unpaired) electrons. The number of nitrogens with zero attached hydrogens (tertiary/aromatic N) is 2. The maximum absolute atomic E-state index is 6.10. The summed E-state index contributed by atoms with van der Waals surface area (Å²) in [6.45, 7) is 3.24. The Balaban J connectivity index is 1.90. The fourth-order valence-corrected chi connectivity index (χ4v) is 2.61. The summed E-state index contributed by atoms with van der Waals surface area (Å²) in [7, 11) is 0. The van der Waals surface area contributed by atoms with E-state index in [1.54, 1.807) is 18.2 Å². The first-order valence-electron chi connectivity index (χ1n) is 6.71. The molecule has 0 fully saturated rings. The number of hydrogen-bond acceptors (Lipinski definition) is 2. The van der Waals surface area contributed by atoms with Gasteiger partial charge in [0, 0.05) is 23.0 Å². The van der Waals surface area contributed by atoms with Gasteiger partial charge in [-0.2, -0.15) is 5.10 Å². The Bertz CT molecular complexity index is 783. The van der Waals surface area contributed by atoms with Crippen molar-refractivity contribution >= 4 is 34.1 Å². The zero-order valence-corrected chi connectivity index (χ0v) is 13.0. The zero-order chi connectivity index (χ0) is 14.8. The predicted molar refractivity (Wildman–Crippen MR) is 86.2 cm³/mol. The quantitative estimate of drug-likeness (QED) is 0.680. The van der Waals surface area contributed by atoms with E-state index in [1.165, 1.54) is 0 Å². The highest BCUT2D eigenvalue weighted by Gasteiger charge is 2.10. The Hall–Kier alpha value is -1.71. The minimum absolute atomic E-state index is 0.355. The molecule has 0 bridgehead atoms. The SMILES string of the molecule is CCn1nc(COc2cc(Cl)ccc2Cl)c2ccccc21. The average Bonchev–Trinajstić information content (AvgIpc) is 2.86. The molecule has 3 rings (SSSR count). The smallest absolute Gasteiger partial charge is 0.139 e. The highest BCUT2D eigenvalue weighted by atomic mass is 35.5. The Morgan fingerprint density at radius 1 is 1.14 bits per heavy atom. The molecule has 0 saturated heterocycles. The van der Waals surface area contributed by atoms with Crippen molar-refractivity contribution in [1.29, 1.82) is 0 Å². The summed E-state index contributed by atoms with van der Waals surface area (Å²) in [5.74, 6) is 0.569. The molecule has 0 aliphatic heterocycles. The molecule has 2 aromatic carbocycles. The van der Waals surface area contributed by atoms with Crippen LogP contribution in [0, 0.1) is 0 Å². The van der Waals surface area contributed by atoms with Crippen molar-refractivity contribution in [3.63, 3.8) is 0 Å². The summed E-state index contributed by atoms with van der Waals surface area (Å²) >= 11 is 12.1. The number of benzene rings is 2. The highest BCUT2D eigenvalue weighted by molar-refractivity contribution is 6.34. The summed E-state index contributed by atoms with van der Waals surface area (Å²) in [6.07, 6.45) is 0. The maximum atomic E-state index is 6.10. The van der Waals surface area contributed by atoms with Crippen molar-refractivity contribution < 1.29 is 4.74 Å². The van der Waals surface area contributed by atoms with E-state index in [0.717, 1.165) is 23.1 Å². The van der Waals surface area contributed by atoms with Crippen molar-refractivity contribution in [3.8, 4) is 5.75 Å². The van der Waals surface area contributed by atoms with E-state index in [9.17, 15) is 0 Å². The molecule has 0 aliphatic carbocycles. The van der Waals surface area contributed by atoms with Crippen LogP contribution >= 0.6 is 23.2 Å². The number of aryl methyl sites for hydroxylation is 1. The second-order valence-corrected chi connectivity index (χ2v) is 5.49. The lowest BCUT2D eigenvalue weighted by Gasteiger charge is -2.07. The van der Waals surface area contributed by atoms with Gasteiger partial charge in [-0.3, -0.25) is 4.68 Å². The molecule has 108 valence electrons. The first kappa shape index (κ1) is 14.2. The van der Waals surface area contributed by atoms with Gasteiger partial charge in [0.2, 0.25) is 0 Å². The van der Waals surface area contributed by atoms with Gasteiger partial charge in [0.05, 0.1) is 10.5 Å². The van der Waals surface area contributed by atoms with Crippen LogP contribution in [0.15, 0.2) is 42.5 Å². The Morgan fingerprint density at radius 3 is 2.76 bits per heavy atom. The molecule has 0 unspecified atom stereocenters. The second-order valence-electron chi connectivity index (χ2n) is 4.64. The van der Waals surface area contributed by atoms with Gasteiger partial charge in [-0.25, -0.2) is 0 Å². The minimum Gasteiger partial charge on any atom is -0.486 e. The fourth-order valence-electron chi connectivity index (χ4n) is 2.28. The maximum Gasteiger partial charge on any atom is 0.139 e. The second kappa shape index (κ2) is 5.96. The molecule has 0 aliphatic rings. The van der Waals surface area contributed by atoms with Gasteiger partial charge in [-0.1, -0.05) is 41.4 Å². The van der Waals surface area contributed by atoms with Crippen LogP contribution < -0.4 is 4.74 Å². The van der Waals surface area contributed by atoms with E-state index in [2.05, 4.69) is 18.1 Å². The topological polar surface area (TPSA) is 27.1 Å². The van der Waals surface area contributed by atoms with Gasteiger partial charge in [0.25, 0.3) is 0 Å². The summed E-state index contributed by atoms with van der Waals surface area (Å²) in [6, 6.07) is 13.3. The van der Waals surface area contributed by atoms with Crippen LogP contribution in [0.1, 0.15) is 12.6 Å². The number of para-hydroxylation sites is 1. The molecule has 1 aromatic heterocycles. The lowest BCUT2D eigenvalue weighted by molar-refractivity contribution is 0.301. The lowest BCUT2D eigenvalue weighted by Crippen LogP contribution is -2.00. The number of fused-ring (bicyclic) bond motifs is 1. The summed E-state index contributed by atoms with van der Waals surface area (Å²) < 4.78 is 7.74. The van der Waals surface area contributed by atoms with Crippen LogP contribution in [-0.4, -0.2) is 9.78 Å². The van der Waals surface area contributed by atoms with Crippen LogP contribution in [0.3, 0.4) is 0 Å². The van der Waals surface area contributed by atoms with Gasteiger partial charge in [0.15, 0.2) is 0 Å². The highest BCUT2D eigenvalue weighted by Crippen LogP contribution is 2.29. The molecular formula is C16H14Cl2N2O. The molecule has 3 nitrogen and oxygen atoms in total. The first-order chi connectivity index (χ1) is 10.2. The molecule has 21 heavy (non-hydrogen) atoms. The number of aromatic nitrogens is 2. The van der Waals surface area contributed by atoms with Crippen molar-refractivity contribution in [2.75, 3.05) is 0 Å². The van der Waals surface area contributed by atoms with E-state index in [-0.39, 0.29) is 0 Å². The number of ether oxygens (including phenoxy) is 1. The van der Waals surface area contributed by atoms with Gasteiger partial charge in [-0.05, 0) is 25.1 Å². The third-order valence-electron chi connectivity index (χ3n) is 3.29. The fraction of sp³-hybridized carbons (Fsp3) is 0.188. The van der Waals surface area contributed by atoms with Crippen LogP contribution in [0.5, 0.6) is 5.75 Å². The molecule has 5 heteroatoms. The van der Waals surface area contributed by atoms with E-state index in [1.807, 2.05) is 22.9 Å². The lowest BCUT2D eigenvalue weighted by atomic mass is 10.2. The molecule has 0 N–H and O–H groups in total. The van der Waals surface area contributed by atoms with Gasteiger partial charge in [-0.15, -0.1) is 0 Å². The van der Waals surface area contributed by atoms with Crippen LogP contribution in [0.2, 0.25) is 10.0 Å². The third-order valence-corrected chi connectivity index (χ3v) is 3.84. The van der Waals surface area contributed by atoms with Crippen molar-refractivity contribution in [2.45, 2.75) is 20.1 Å². The predicted octanol–water partition coefficient (Wildman–Crippen LogP) is 4.94. The molecule has 0 amide bonds. The van der Waals surface area contributed by atoms with E-state index >= 15 is 0 Å². The summed E-state index contributed by atoms with van der Waals surface area (Å²) in [5.41, 5.74) is 2.00. The van der Waals surface area contributed by atoms with E-state index < -0.39 is 0 Å². The molecule has 1 heterocycles. The van der Waals surface area contributed by atoms with Crippen LogP contribution in [0.4, 0.5) is 0 Å². The van der Waals surface area contributed by atoms with Crippen LogP contribution in [-0.2, 0) is 13.2 Å². The van der Waals surface area contributed by atoms with Crippen molar-refractivity contribution in [3.05, 3.63) is 58.2 Å². The number of halogens is 2. The Labute approximate surface area is 133 Å². The van der Waals surface area contributed by atoms with Gasteiger partial charge >= 0.3 is 0 Å². The Morgan fingerprint density at radius 2 is 1.95 bits per heavy atom. The number of hydrogen-bond donors (Lipinski definition) is 0. The van der Waals surface area contributed by atoms with Crippen molar-refractivity contribution in [1.82, 2.24) is 9.78 Å². The van der Waals surface area contributed by atoms with Crippen LogP contribution in [0.25, 0.3) is 10.9 Å². The standard InChI is InChI=1S/C16H14Cl2N2O/c1-2-20-15-6-4-3-5-12(15)14(19-20)10-21-16-9-11(17)7-8-13(16)18/h3-9H,2,10H2,1H3. The molecule has 3 aromatic rings. The van der Waals surface area contributed by atoms with Crippen molar-refractivity contribution in [2.24, 2.45) is 0 Å². The normalized spacial score (nSPS) is 11.0. The summed E-state index contributed by atoms with van der Waals surface area (Å²) in [4.78, 5) is 0. The monoisotopic (exact) mass is 320 g/mol. The largest absolute Gasteiger partial charge is 0.486 e. The minimum atomic E-state index is 0.355. The third kappa shape index (κ3) is 2.85. The molecule has 0 atom stereocenters.